The van der Waals surface area contributed by atoms with Crippen molar-refractivity contribution in [1.29, 1.82) is 0 Å². The first-order valence-corrected chi connectivity index (χ1v) is 9.56. The van der Waals surface area contributed by atoms with Crippen LogP contribution >= 0.6 is 0 Å². The minimum absolute atomic E-state index is 0.365. The van der Waals surface area contributed by atoms with E-state index in [2.05, 4.69) is 47.8 Å². The summed E-state index contributed by atoms with van der Waals surface area (Å²) in [7, 11) is 0. The molecule has 0 aliphatic carbocycles. The molecule has 0 amide bonds. The molecule has 4 rings (SSSR count). The number of phenolic OH excluding ortho intramolecular Hbond substituents is 1. The minimum Gasteiger partial charge on any atom is -0.508 e. The second kappa shape index (κ2) is 8.09. The quantitative estimate of drug-likeness (QED) is 0.702. The summed E-state index contributed by atoms with van der Waals surface area (Å²) >= 11 is 0. The van der Waals surface area contributed by atoms with Crippen molar-refractivity contribution < 1.29 is 5.11 Å². The van der Waals surface area contributed by atoms with E-state index < -0.39 is 0 Å². The van der Waals surface area contributed by atoms with Crippen molar-refractivity contribution in [2.45, 2.75) is 19.3 Å². The van der Waals surface area contributed by atoms with Crippen LogP contribution in [0.15, 0.2) is 77.8 Å². The summed E-state index contributed by atoms with van der Waals surface area (Å²) in [6, 6.07) is 24.5. The average molecular weight is 356 g/mol. The fraction of sp³-hybridized carbons (Fsp3) is 0.208. The van der Waals surface area contributed by atoms with E-state index in [1.807, 2.05) is 24.3 Å². The first kappa shape index (κ1) is 17.3. The number of nitrogens with zero attached hydrogens (tertiary/aromatic N) is 1. The van der Waals surface area contributed by atoms with Crippen LogP contribution in [0.2, 0.25) is 0 Å². The highest BCUT2D eigenvalue weighted by Crippen LogP contribution is 2.29. The van der Waals surface area contributed by atoms with Gasteiger partial charge in [-0.15, -0.1) is 0 Å². The first-order valence-electron chi connectivity index (χ1n) is 9.56. The molecule has 0 bridgehead atoms. The maximum Gasteiger partial charge on any atom is 0.128 e. The number of para-hydroxylation sites is 1. The van der Waals surface area contributed by atoms with E-state index in [-0.39, 0.29) is 0 Å². The third-order valence-electron chi connectivity index (χ3n) is 5.05. The van der Waals surface area contributed by atoms with Crippen LogP contribution in [0.5, 0.6) is 5.75 Å². The average Bonchev–Trinajstić information content (AvgIpc) is 2.74. The zero-order valence-corrected chi connectivity index (χ0v) is 15.4. The number of phenols is 1. The molecule has 3 heteroatoms. The van der Waals surface area contributed by atoms with Crippen molar-refractivity contribution in [3.05, 3.63) is 89.5 Å². The Labute approximate surface area is 160 Å². The van der Waals surface area contributed by atoms with Crippen LogP contribution in [0, 0.1) is 0 Å². The van der Waals surface area contributed by atoms with Crippen LogP contribution in [0.1, 0.15) is 23.1 Å². The van der Waals surface area contributed by atoms with E-state index in [4.69, 9.17) is 4.99 Å². The molecule has 1 heterocycles. The van der Waals surface area contributed by atoms with E-state index in [0.717, 1.165) is 43.8 Å². The number of amidine groups is 1. The van der Waals surface area contributed by atoms with Crippen molar-refractivity contribution in [1.82, 2.24) is 5.32 Å². The smallest absolute Gasteiger partial charge is 0.128 e. The summed E-state index contributed by atoms with van der Waals surface area (Å²) < 4.78 is 0. The second-order valence-corrected chi connectivity index (χ2v) is 6.84. The summed E-state index contributed by atoms with van der Waals surface area (Å²) in [5.74, 6) is 1.36. The number of nitrogens with one attached hydrogen (secondary N) is 1. The largest absolute Gasteiger partial charge is 0.508 e. The topological polar surface area (TPSA) is 44.6 Å². The third-order valence-corrected chi connectivity index (χ3v) is 5.05. The summed E-state index contributed by atoms with van der Waals surface area (Å²) in [4.78, 5) is 4.72. The molecular formula is C24H24N2O. The van der Waals surface area contributed by atoms with Gasteiger partial charge in [-0.2, -0.15) is 0 Å². The van der Waals surface area contributed by atoms with Gasteiger partial charge in [0, 0.05) is 18.7 Å². The van der Waals surface area contributed by atoms with Crippen molar-refractivity contribution in [2.75, 3.05) is 13.1 Å². The number of aliphatic imine (C=N–C) groups is 1. The van der Waals surface area contributed by atoms with Gasteiger partial charge in [0.2, 0.25) is 0 Å². The van der Waals surface area contributed by atoms with E-state index in [9.17, 15) is 5.11 Å². The predicted octanol–water partition coefficient (Wildman–Crippen LogP) is 4.58. The van der Waals surface area contributed by atoms with Crippen molar-refractivity contribution in [3.63, 3.8) is 0 Å². The van der Waals surface area contributed by atoms with Gasteiger partial charge in [-0.05, 0) is 47.6 Å². The number of aryl methyl sites for hydroxylation is 1. The minimum atomic E-state index is 0.365. The Balaban J connectivity index is 1.76. The molecule has 0 saturated heterocycles. The SMILES string of the molecule is Oc1ccccc1CCc1c(C2=NCCCN2)cccc1-c1ccccc1. The van der Waals surface area contributed by atoms with Gasteiger partial charge in [0.05, 0.1) is 0 Å². The highest BCUT2D eigenvalue weighted by atomic mass is 16.3. The van der Waals surface area contributed by atoms with Crippen molar-refractivity contribution >= 4 is 5.84 Å². The van der Waals surface area contributed by atoms with Crippen molar-refractivity contribution in [3.8, 4) is 16.9 Å². The Morgan fingerprint density at radius 2 is 1.59 bits per heavy atom. The Morgan fingerprint density at radius 3 is 2.37 bits per heavy atom. The number of aromatic hydroxyl groups is 1. The molecule has 27 heavy (non-hydrogen) atoms. The summed E-state index contributed by atoms with van der Waals surface area (Å²) in [5, 5.41) is 13.6. The number of hydrogen-bond donors (Lipinski definition) is 2. The number of rotatable bonds is 5. The summed E-state index contributed by atoms with van der Waals surface area (Å²) in [6.45, 7) is 1.84. The molecule has 0 unspecified atom stereocenters. The fourth-order valence-corrected chi connectivity index (χ4v) is 3.66. The van der Waals surface area contributed by atoms with Gasteiger partial charge in [0.1, 0.15) is 11.6 Å². The van der Waals surface area contributed by atoms with Gasteiger partial charge >= 0.3 is 0 Å². The zero-order valence-electron chi connectivity index (χ0n) is 15.4. The maximum atomic E-state index is 10.2. The molecule has 0 radical (unpaired) electrons. The predicted molar refractivity (Wildman–Crippen MR) is 111 cm³/mol. The van der Waals surface area contributed by atoms with Crippen LogP contribution in [0.25, 0.3) is 11.1 Å². The second-order valence-electron chi connectivity index (χ2n) is 6.84. The molecule has 0 atom stereocenters. The highest BCUT2D eigenvalue weighted by Gasteiger charge is 2.16. The van der Waals surface area contributed by atoms with Gasteiger partial charge in [-0.1, -0.05) is 66.7 Å². The molecule has 1 aliphatic heterocycles. The first-order chi connectivity index (χ1) is 13.3. The standard InChI is InChI=1S/C24H24N2O/c27-23-13-5-4-10-19(23)14-15-21-20(18-8-2-1-3-9-18)11-6-12-22(21)24-25-16-7-17-26-24/h1-6,8-13,27H,7,14-17H2,(H,25,26). The maximum absolute atomic E-state index is 10.2. The van der Waals surface area contributed by atoms with E-state index in [1.165, 1.54) is 22.3 Å². The molecule has 1 aliphatic rings. The van der Waals surface area contributed by atoms with Crippen LogP contribution in [-0.4, -0.2) is 24.0 Å². The molecule has 2 N–H and O–H groups in total. The van der Waals surface area contributed by atoms with Gasteiger partial charge in [0.15, 0.2) is 0 Å². The van der Waals surface area contributed by atoms with Crippen LogP contribution in [-0.2, 0) is 12.8 Å². The molecule has 0 fully saturated rings. The Bertz CT molecular complexity index is 948. The molecule has 3 aromatic carbocycles. The van der Waals surface area contributed by atoms with Gasteiger partial charge in [0.25, 0.3) is 0 Å². The van der Waals surface area contributed by atoms with Gasteiger partial charge in [-0.3, -0.25) is 4.99 Å². The molecule has 3 nitrogen and oxygen atoms in total. The summed E-state index contributed by atoms with van der Waals surface area (Å²) in [5.41, 5.74) is 5.87. The summed E-state index contributed by atoms with van der Waals surface area (Å²) in [6.07, 6.45) is 2.71. The molecule has 3 aromatic rings. The Morgan fingerprint density at radius 1 is 0.815 bits per heavy atom. The van der Waals surface area contributed by atoms with Gasteiger partial charge < -0.3 is 10.4 Å². The lowest BCUT2D eigenvalue weighted by Crippen LogP contribution is -2.31. The number of benzene rings is 3. The zero-order chi connectivity index (χ0) is 18.5. The molecular weight excluding hydrogens is 332 g/mol. The van der Waals surface area contributed by atoms with Gasteiger partial charge in [-0.25, -0.2) is 0 Å². The van der Waals surface area contributed by atoms with Crippen LogP contribution in [0.3, 0.4) is 0 Å². The lowest BCUT2D eigenvalue weighted by Gasteiger charge is -2.20. The Kier molecular flexibility index (Phi) is 5.20. The monoisotopic (exact) mass is 356 g/mol. The third kappa shape index (κ3) is 3.87. The molecule has 136 valence electrons. The lowest BCUT2D eigenvalue weighted by molar-refractivity contribution is 0.468. The van der Waals surface area contributed by atoms with Crippen LogP contribution in [0.4, 0.5) is 0 Å². The molecule has 0 aromatic heterocycles. The lowest BCUT2D eigenvalue weighted by atomic mass is 9.90. The normalized spacial score (nSPS) is 13.7. The van der Waals surface area contributed by atoms with E-state index >= 15 is 0 Å². The number of hydrogen-bond acceptors (Lipinski definition) is 3. The fourth-order valence-electron chi connectivity index (χ4n) is 3.66. The molecule has 0 spiro atoms. The van der Waals surface area contributed by atoms with E-state index in [1.54, 1.807) is 6.07 Å². The van der Waals surface area contributed by atoms with Crippen LogP contribution < -0.4 is 5.32 Å². The Hall–Kier alpha value is -3.07. The highest BCUT2D eigenvalue weighted by molar-refractivity contribution is 6.02. The van der Waals surface area contributed by atoms with E-state index in [0.29, 0.717) is 5.75 Å². The van der Waals surface area contributed by atoms with Crippen molar-refractivity contribution in [2.24, 2.45) is 4.99 Å². The molecule has 0 saturated carbocycles.